The minimum absolute atomic E-state index is 0.257. The summed E-state index contributed by atoms with van der Waals surface area (Å²) in [5.74, 6) is -0.194. The minimum Gasteiger partial charge on any atom is -0.490 e. The van der Waals surface area contributed by atoms with Crippen LogP contribution in [0, 0.1) is 0 Å². The molecule has 9 N–H and O–H groups in total. The lowest BCUT2D eigenvalue weighted by Gasteiger charge is -2.19. The lowest BCUT2D eigenvalue weighted by Crippen LogP contribution is -2.35. The zero-order chi connectivity index (χ0) is 57.6. The van der Waals surface area contributed by atoms with Gasteiger partial charge in [0.05, 0.1) is 18.8 Å². The Morgan fingerprint density at radius 3 is 1.28 bits per heavy atom. The summed E-state index contributed by atoms with van der Waals surface area (Å²) in [6.45, 7) is 15.1. The molecule has 7 rings (SSSR count). The van der Waals surface area contributed by atoms with Gasteiger partial charge in [-0.25, -0.2) is 14.4 Å². The number of hydrogen-bond acceptors (Lipinski definition) is 13. The number of carboxylic acid groups (broad SMARTS) is 1. The van der Waals surface area contributed by atoms with Crippen LogP contribution in [-0.4, -0.2) is 122 Å². The molecule has 3 atom stereocenters. The molecule has 1 aliphatic rings. The van der Waals surface area contributed by atoms with Crippen LogP contribution < -0.4 is 36.3 Å². The summed E-state index contributed by atoms with van der Waals surface area (Å²) < 4.78 is 64.2. The zero-order valence-electron chi connectivity index (χ0n) is 45.6. The zero-order valence-corrected chi connectivity index (χ0v) is 45.6. The fourth-order valence-corrected chi connectivity index (χ4v) is 6.87. The molecular weight excluding hydrogens is 1010 g/mol. The summed E-state index contributed by atoms with van der Waals surface area (Å²) in [5.41, 5.74) is 9.68. The summed E-state index contributed by atoms with van der Waals surface area (Å²) in [6, 6.07) is 42.3. The van der Waals surface area contributed by atoms with Crippen LogP contribution in [0.3, 0.4) is 0 Å². The Hall–Kier alpha value is -6.90. The SMILES string of the molecule is CC(C)(C)OC(=O)NCCCC[C@H](O)COc1cccc2ccccc12.CC(C)(C)OC(=O)NCCN.NCCCC[C@H](O)COc1cccc2ccccc12.O=C(O)C(F)(F)F.c1ccc2c(OC[C@@H]3CO3)cccc2c1. The number of aliphatic carboxylic acids is 1. The predicted molar refractivity (Wildman–Crippen MR) is 298 cm³/mol. The van der Waals surface area contributed by atoms with Crippen LogP contribution in [0.15, 0.2) is 127 Å². The maximum atomic E-state index is 11.5. The number of halogens is 3. The summed E-state index contributed by atoms with van der Waals surface area (Å²) in [6.07, 6.45) is -1.71. The Bertz CT molecular complexity index is 2680. The number of nitrogens with one attached hydrogen (secondary N) is 2. The standard InChI is InChI=1S/C21H29NO4.C16H21NO2.C13H12O2.C7H16N2O2.C2HF3O2/c1-21(2,3)26-20(24)22-14-7-6-11-17(23)15-25-19-13-8-10-16-9-4-5-12-18(16)19;17-11-4-3-8-14(18)12-19-16-10-5-7-13-6-1-2-9-15(13)16;1-2-6-12-10(4-1)5-3-7-13(12)15-9-11-8-14-11;1-7(2,3)11-6(10)9-5-4-8;3-2(4,5)1(6)7/h4-5,8-10,12-13,17,23H,6-7,11,14-15H2,1-3H3,(H,22,24);1-2,5-7,9-10,14,18H,3-4,8,11-12,17H2;1-7,11H,8-9H2;4-5,8H2,1-3H3,(H,9,10);(H,6,7)/t17-;14-;11-;;/m000../s1. The second-order valence-electron chi connectivity index (χ2n) is 19.9. The van der Waals surface area contributed by atoms with E-state index in [4.69, 9.17) is 49.8 Å². The number of unbranched alkanes of at least 4 members (excludes halogenated alkanes) is 2. The lowest BCUT2D eigenvalue weighted by molar-refractivity contribution is -0.192. The summed E-state index contributed by atoms with van der Waals surface area (Å²) in [5, 5.41) is 39.1. The molecule has 1 fully saturated rings. The van der Waals surface area contributed by atoms with Gasteiger partial charge in [0.25, 0.3) is 0 Å². The highest BCUT2D eigenvalue weighted by atomic mass is 19.4. The van der Waals surface area contributed by atoms with Crippen molar-refractivity contribution >= 4 is 50.5 Å². The third-order valence-electron chi connectivity index (χ3n) is 10.6. The highest BCUT2D eigenvalue weighted by Gasteiger charge is 2.38. The fraction of sp³-hybridized carbons (Fsp3) is 0.441. The highest BCUT2D eigenvalue weighted by molar-refractivity contribution is 5.89. The Balaban J connectivity index is 0.000000272. The number of carbonyl (C=O) groups excluding carboxylic acids is 2. The fourth-order valence-electron chi connectivity index (χ4n) is 6.87. The van der Waals surface area contributed by atoms with E-state index in [0.717, 1.165) is 77.5 Å². The molecule has 0 bridgehead atoms. The van der Waals surface area contributed by atoms with Crippen molar-refractivity contribution in [2.45, 2.75) is 116 Å². The molecule has 6 aromatic carbocycles. The van der Waals surface area contributed by atoms with E-state index >= 15 is 0 Å². The number of aliphatic hydroxyl groups excluding tert-OH is 2. The smallest absolute Gasteiger partial charge is 0.490 e. The van der Waals surface area contributed by atoms with Crippen LogP contribution in [0.5, 0.6) is 17.2 Å². The maximum absolute atomic E-state index is 11.5. The highest BCUT2D eigenvalue weighted by Crippen LogP contribution is 2.28. The number of alkyl carbamates (subject to hydrolysis) is 2. The van der Waals surface area contributed by atoms with E-state index in [0.29, 0.717) is 51.9 Å². The van der Waals surface area contributed by atoms with Gasteiger partial charge < -0.3 is 65.8 Å². The van der Waals surface area contributed by atoms with Gasteiger partial charge in [0.15, 0.2) is 0 Å². The summed E-state index contributed by atoms with van der Waals surface area (Å²) in [4.78, 5) is 31.2. The molecule has 0 saturated carbocycles. The monoisotopic (exact) mass is 1090 g/mol. The largest absolute Gasteiger partial charge is 0.490 e. The average molecular weight is 1090 g/mol. The van der Waals surface area contributed by atoms with Gasteiger partial charge in [-0.05, 0) is 121 Å². The molecule has 1 heterocycles. The Morgan fingerprint density at radius 1 is 0.564 bits per heavy atom. The molecule has 0 radical (unpaired) electrons. The van der Waals surface area contributed by atoms with Crippen molar-refractivity contribution < 1.29 is 71.3 Å². The molecule has 2 amide bonds. The van der Waals surface area contributed by atoms with Crippen LogP contribution in [0.4, 0.5) is 22.8 Å². The Kier molecular flexibility index (Phi) is 28.6. The number of fused-ring (bicyclic) bond motifs is 3. The first kappa shape index (κ1) is 65.4. The topological polar surface area (TPSA) is 247 Å². The van der Waals surface area contributed by atoms with Crippen LogP contribution in [0.1, 0.15) is 80.1 Å². The van der Waals surface area contributed by atoms with E-state index in [1.807, 2.05) is 139 Å². The first-order valence-corrected chi connectivity index (χ1v) is 25.9. The van der Waals surface area contributed by atoms with Crippen molar-refractivity contribution in [3.63, 3.8) is 0 Å². The van der Waals surface area contributed by atoms with Crippen molar-refractivity contribution in [3.8, 4) is 17.2 Å². The van der Waals surface area contributed by atoms with Gasteiger partial charge in [0.1, 0.15) is 54.4 Å². The average Bonchev–Trinajstić information content (AvgIpc) is 4.23. The van der Waals surface area contributed by atoms with E-state index in [9.17, 15) is 33.0 Å². The van der Waals surface area contributed by atoms with Gasteiger partial charge in [0, 0.05) is 35.8 Å². The first-order valence-electron chi connectivity index (χ1n) is 25.9. The van der Waals surface area contributed by atoms with Crippen molar-refractivity contribution in [1.29, 1.82) is 0 Å². The number of epoxide rings is 1. The number of carbonyl (C=O) groups is 3. The Morgan fingerprint density at radius 2 is 0.923 bits per heavy atom. The van der Waals surface area contributed by atoms with Crippen LogP contribution in [0.25, 0.3) is 32.3 Å². The molecule has 1 saturated heterocycles. The first-order chi connectivity index (χ1) is 37.0. The molecule has 0 spiro atoms. The van der Waals surface area contributed by atoms with Crippen LogP contribution in [0.2, 0.25) is 0 Å². The quantitative estimate of drug-likeness (QED) is 0.0278. The van der Waals surface area contributed by atoms with Crippen molar-refractivity contribution in [3.05, 3.63) is 127 Å². The number of amides is 2. The number of benzene rings is 6. The molecule has 6 aromatic rings. The van der Waals surface area contributed by atoms with E-state index in [1.54, 1.807) is 0 Å². The van der Waals surface area contributed by atoms with Crippen molar-refractivity contribution in [1.82, 2.24) is 10.6 Å². The van der Waals surface area contributed by atoms with Crippen molar-refractivity contribution in [2.75, 3.05) is 52.6 Å². The Labute approximate surface area is 455 Å². The van der Waals surface area contributed by atoms with E-state index in [-0.39, 0.29) is 6.61 Å². The number of hydrogen-bond donors (Lipinski definition) is 7. The second kappa shape index (κ2) is 34.1. The number of ether oxygens (including phenoxy) is 6. The number of carboxylic acids is 1. The molecule has 16 nitrogen and oxygen atoms in total. The van der Waals surface area contributed by atoms with E-state index in [1.165, 1.54) is 10.8 Å². The second-order valence-corrected chi connectivity index (χ2v) is 19.9. The maximum Gasteiger partial charge on any atom is 0.490 e. The number of rotatable bonds is 20. The molecule has 78 heavy (non-hydrogen) atoms. The molecule has 0 unspecified atom stereocenters. The van der Waals surface area contributed by atoms with E-state index < -0.39 is 47.7 Å². The summed E-state index contributed by atoms with van der Waals surface area (Å²) in [7, 11) is 0. The van der Waals surface area contributed by atoms with Gasteiger partial charge in [-0.15, -0.1) is 0 Å². The van der Waals surface area contributed by atoms with Crippen molar-refractivity contribution in [2.24, 2.45) is 11.5 Å². The number of aliphatic hydroxyl groups is 2. The normalized spacial score (nSPS) is 13.5. The molecule has 0 aromatic heterocycles. The van der Waals surface area contributed by atoms with Gasteiger partial charge >= 0.3 is 24.3 Å². The molecule has 428 valence electrons. The predicted octanol–water partition coefficient (Wildman–Crippen LogP) is 10.7. The van der Waals surface area contributed by atoms with Crippen LogP contribution >= 0.6 is 0 Å². The van der Waals surface area contributed by atoms with Crippen LogP contribution in [-0.2, 0) is 19.0 Å². The molecule has 0 aliphatic carbocycles. The summed E-state index contributed by atoms with van der Waals surface area (Å²) >= 11 is 0. The third-order valence-corrected chi connectivity index (χ3v) is 10.6. The third kappa shape index (κ3) is 27.9. The molecule has 19 heteroatoms. The van der Waals surface area contributed by atoms with Gasteiger partial charge in [-0.2, -0.15) is 13.2 Å². The van der Waals surface area contributed by atoms with Gasteiger partial charge in [0.2, 0.25) is 0 Å². The molecular formula is C59H79F3N4O12. The molecule has 1 aliphatic heterocycles. The van der Waals surface area contributed by atoms with E-state index in [2.05, 4.69) is 41.0 Å². The number of alkyl halides is 3. The van der Waals surface area contributed by atoms with Gasteiger partial charge in [-0.3, -0.25) is 0 Å². The minimum atomic E-state index is -5.08. The lowest BCUT2D eigenvalue weighted by atomic mass is 10.1. The number of nitrogens with two attached hydrogens (primary N) is 2. The van der Waals surface area contributed by atoms with Gasteiger partial charge in [-0.1, -0.05) is 109 Å².